The number of benzene rings is 2. The molecule has 26 heavy (non-hydrogen) atoms. The van der Waals surface area contributed by atoms with Gasteiger partial charge in [-0.2, -0.15) is 0 Å². The summed E-state index contributed by atoms with van der Waals surface area (Å²) in [5.74, 6) is -0.181. The topological polar surface area (TPSA) is 54.0 Å². The Morgan fingerprint density at radius 1 is 1.04 bits per heavy atom. The molecule has 0 bridgehead atoms. The van der Waals surface area contributed by atoms with E-state index in [4.69, 9.17) is 11.6 Å². The first-order valence-electron chi connectivity index (χ1n) is 8.33. The van der Waals surface area contributed by atoms with Crippen LogP contribution in [0, 0.1) is 13.8 Å². The van der Waals surface area contributed by atoms with E-state index in [9.17, 15) is 4.79 Å². The lowest BCUT2D eigenvalue weighted by Crippen LogP contribution is -2.13. The van der Waals surface area contributed by atoms with Gasteiger partial charge in [0.2, 0.25) is 0 Å². The van der Waals surface area contributed by atoms with Gasteiger partial charge < -0.3 is 10.6 Å². The van der Waals surface area contributed by atoms with Crippen molar-refractivity contribution in [2.75, 3.05) is 10.6 Å². The summed E-state index contributed by atoms with van der Waals surface area (Å²) in [4.78, 5) is 16.7. The number of rotatable bonds is 5. The van der Waals surface area contributed by atoms with Gasteiger partial charge in [0.25, 0.3) is 5.91 Å². The normalized spacial score (nSPS) is 10.4. The van der Waals surface area contributed by atoms with Gasteiger partial charge in [0.15, 0.2) is 0 Å². The summed E-state index contributed by atoms with van der Waals surface area (Å²) in [6.07, 6.45) is 3.26. The lowest BCUT2D eigenvalue weighted by molar-refractivity contribution is 0.102. The molecule has 0 radical (unpaired) electrons. The first kappa shape index (κ1) is 18.0. The molecule has 2 N–H and O–H groups in total. The molecule has 0 aliphatic heterocycles. The number of amides is 1. The van der Waals surface area contributed by atoms with Crippen LogP contribution in [0.25, 0.3) is 0 Å². The standard InChI is InChI=1S/C21H20ClN3O/c1-14-3-8-20(15(2)9-14)25-21(26)17-10-19(13-23-12-17)24-11-16-4-6-18(22)7-5-16/h3-10,12-13,24H,11H2,1-2H3,(H,25,26). The van der Waals surface area contributed by atoms with Gasteiger partial charge in [-0.3, -0.25) is 9.78 Å². The highest BCUT2D eigenvalue weighted by atomic mass is 35.5. The molecule has 3 rings (SSSR count). The second-order valence-corrected chi connectivity index (χ2v) is 6.65. The minimum absolute atomic E-state index is 0.181. The van der Waals surface area contributed by atoms with Crippen molar-refractivity contribution in [3.05, 3.63) is 88.2 Å². The summed E-state index contributed by atoms with van der Waals surface area (Å²) in [5, 5.41) is 6.92. The van der Waals surface area contributed by atoms with Crippen LogP contribution in [0.15, 0.2) is 60.9 Å². The quantitative estimate of drug-likeness (QED) is 0.652. The van der Waals surface area contributed by atoms with Crippen LogP contribution in [-0.2, 0) is 6.54 Å². The van der Waals surface area contributed by atoms with Crippen molar-refractivity contribution in [1.29, 1.82) is 0 Å². The summed E-state index contributed by atoms with van der Waals surface area (Å²) < 4.78 is 0. The molecule has 1 aromatic heterocycles. The number of aryl methyl sites for hydroxylation is 2. The highest BCUT2D eigenvalue weighted by Gasteiger charge is 2.09. The maximum atomic E-state index is 12.5. The summed E-state index contributed by atoms with van der Waals surface area (Å²) in [5.41, 5.74) is 5.39. The van der Waals surface area contributed by atoms with Crippen molar-refractivity contribution in [3.8, 4) is 0 Å². The highest BCUT2D eigenvalue weighted by Crippen LogP contribution is 2.18. The second-order valence-electron chi connectivity index (χ2n) is 6.21. The summed E-state index contributed by atoms with van der Waals surface area (Å²) >= 11 is 5.90. The third-order valence-electron chi connectivity index (χ3n) is 4.04. The van der Waals surface area contributed by atoms with E-state index in [-0.39, 0.29) is 5.91 Å². The average Bonchev–Trinajstić information content (AvgIpc) is 2.64. The molecular weight excluding hydrogens is 346 g/mol. The van der Waals surface area contributed by atoms with Gasteiger partial charge in [0.05, 0.1) is 11.3 Å². The third kappa shape index (κ3) is 4.61. The number of halogens is 1. The van der Waals surface area contributed by atoms with Crippen LogP contribution in [0.4, 0.5) is 11.4 Å². The number of carbonyl (C=O) groups is 1. The largest absolute Gasteiger partial charge is 0.380 e. The Labute approximate surface area is 158 Å². The van der Waals surface area contributed by atoms with Crippen LogP contribution >= 0.6 is 11.6 Å². The Hall–Kier alpha value is -2.85. The average molecular weight is 366 g/mol. The van der Waals surface area contributed by atoms with Crippen molar-refractivity contribution in [2.24, 2.45) is 0 Å². The van der Waals surface area contributed by atoms with Crippen LogP contribution in [0.2, 0.25) is 5.02 Å². The highest BCUT2D eigenvalue weighted by molar-refractivity contribution is 6.30. The number of hydrogen-bond acceptors (Lipinski definition) is 3. The van der Waals surface area contributed by atoms with Crippen molar-refractivity contribution in [1.82, 2.24) is 4.98 Å². The number of aromatic nitrogens is 1. The van der Waals surface area contributed by atoms with E-state index >= 15 is 0 Å². The van der Waals surface area contributed by atoms with E-state index in [0.29, 0.717) is 17.1 Å². The summed E-state index contributed by atoms with van der Waals surface area (Å²) in [6.45, 7) is 4.63. The molecule has 5 heteroatoms. The summed E-state index contributed by atoms with van der Waals surface area (Å²) in [6, 6.07) is 15.3. The molecule has 0 aliphatic carbocycles. The number of pyridine rings is 1. The van der Waals surface area contributed by atoms with Gasteiger partial charge in [0.1, 0.15) is 0 Å². The Kier molecular flexibility index (Phi) is 5.54. The van der Waals surface area contributed by atoms with Crippen LogP contribution < -0.4 is 10.6 Å². The number of hydrogen-bond donors (Lipinski definition) is 2. The lowest BCUT2D eigenvalue weighted by Gasteiger charge is -2.11. The maximum absolute atomic E-state index is 12.5. The van der Waals surface area contributed by atoms with Gasteiger partial charge in [0, 0.05) is 29.6 Å². The zero-order valence-corrected chi connectivity index (χ0v) is 15.5. The molecule has 2 aromatic carbocycles. The summed E-state index contributed by atoms with van der Waals surface area (Å²) in [7, 11) is 0. The number of carbonyl (C=O) groups excluding carboxylic acids is 1. The number of nitrogens with one attached hydrogen (secondary N) is 2. The monoisotopic (exact) mass is 365 g/mol. The third-order valence-corrected chi connectivity index (χ3v) is 4.29. The zero-order chi connectivity index (χ0) is 18.5. The van der Waals surface area contributed by atoms with Crippen molar-refractivity contribution < 1.29 is 4.79 Å². The predicted octanol–water partition coefficient (Wildman–Crippen LogP) is 5.22. The van der Waals surface area contributed by atoms with E-state index in [0.717, 1.165) is 28.1 Å². The smallest absolute Gasteiger partial charge is 0.257 e. The van der Waals surface area contributed by atoms with Crippen LogP contribution in [0.3, 0.4) is 0 Å². The van der Waals surface area contributed by atoms with Gasteiger partial charge >= 0.3 is 0 Å². The Bertz CT molecular complexity index is 923. The molecule has 0 aliphatic rings. The molecule has 0 atom stereocenters. The second kappa shape index (κ2) is 8.02. The van der Waals surface area contributed by atoms with E-state index < -0.39 is 0 Å². The molecule has 1 amide bonds. The first-order valence-corrected chi connectivity index (χ1v) is 8.71. The lowest BCUT2D eigenvalue weighted by atomic mass is 10.1. The fourth-order valence-electron chi connectivity index (χ4n) is 2.62. The molecule has 3 aromatic rings. The van der Waals surface area contributed by atoms with Gasteiger partial charge in [-0.25, -0.2) is 0 Å². The van der Waals surface area contributed by atoms with Crippen molar-refractivity contribution in [2.45, 2.75) is 20.4 Å². The number of nitrogens with zero attached hydrogens (tertiary/aromatic N) is 1. The molecule has 0 spiro atoms. The van der Waals surface area contributed by atoms with Crippen LogP contribution in [0.1, 0.15) is 27.0 Å². The van der Waals surface area contributed by atoms with Gasteiger partial charge in [-0.1, -0.05) is 41.4 Å². The molecule has 132 valence electrons. The molecule has 0 fully saturated rings. The Morgan fingerprint density at radius 3 is 2.54 bits per heavy atom. The van der Waals surface area contributed by atoms with E-state index in [2.05, 4.69) is 15.6 Å². The Balaban J connectivity index is 1.67. The minimum Gasteiger partial charge on any atom is -0.380 e. The minimum atomic E-state index is -0.181. The molecule has 0 unspecified atom stereocenters. The van der Waals surface area contributed by atoms with E-state index in [1.54, 1.807) is 18.5 Å². The molecule has 1 heterocycles. The molecule has 0 saturated carbocycles. The Morgan fingerprint density at radius 2 is 1.81 bits per heavy atom. The van der Waals surface area contributed by atoms with Crippen LogP contribution in [-0.4, -0.2) is 10.9 Å². The SMILES string of the molecule is Cc1ccc(NC(=O)c2cncc(NCc3ccc(Cl)cc3)c2)c(C)c1. The first-order chi connectivity index (χ1) is 12.5. The van der Waals surface area contributed by atoms with Crippen molar-refractivity contribution in [3.63, 3.8) is 0 Å². The van der Waals surface area contributed by atoms with Gasteiger partial charge in [-0.05, 0) is 49.2 Å². The fraction of sp³-hybridized carbons (Fsp3) is 0.143. The van der Waals surface area contributed by atoms with E-state index in [1.165, 1.54) is 0 Å². The number of anilines is 2. The predicted molar refractivity (Wildman–Crippen MR) is 107 cm³/mol. The zero-order valence-electron chi connectivity index (χ0n) is 14.7. The molecule has 0 saturated heterocycles. The van der Waals surface area contributed by atoms with Gasteiger partial charge in [-0.15, -0.1) is 0 Å². The molecular formula is C21H20ClN3O. The van der Waals surface area contributed by atoms with Crippen LogP contribution in [0.5, 0.6) is 0 Å². The maximum Gasteiger partial charge on any atom is 0.257 e. The molecule has 4 nitrogen and oxygen atoms in total. The fourth-order valence-corrected chi connectivity index (χ4v) is 2.74. The van der Waals surface area contributed by atoms with E-state index in [1.807, 2.05) is 56.3 Å². The van der Waals surface area contributed by atoms with Crippen molar-refractivity contribution >= 4 is 28.9 Å².